The van der Waals surface area contributed by atoms with Crippen LogP contribution in [0.5, 0.6) is 0 Å². The number of thiocarbonyl (C=S) groups is 1. The molecule has 0 spiro atoms. The summed E-state index contributed by atoms with van der Waals surface area (Å²) < 4.78 is 14.1. The predicted octanol–water partition coefficient (Wildman–Crippen LogP) is 4.79. The molecule has 1 aliphatic rings. The highest BCUT2D eigenvalue weighted by Crippen LogP contribution is 2.37. The van der Waals surface area contributed by atoms with Gasteiger partial charge in [-0.2, -0.15) is 0 Å². The fourth-order valence-electron chi connectivity index (χ4n) is 2.22. The van der Waals surface area contributed by atoms with Gasteiger partial charge >= 0.3 is 0 Å². The van der Waals surface area contributed by atoms with Gasteiger partial charge in [0, 0.05) is 6.07 Å². The molecule has 2 aromatic carbocycles. The summed E-state index contributed by atoms with van der Waals surface area (Å²) in [6.07, 6.45) is 1.46. The molecule has 126 valence electrons. The van der Waals surface area contributed by atoms with Crippen LogP contribution in [0.4, 0.5) is 15.8 Å². The zero-order chi connectivity index (χ0) is 18.1. The van der Waals surface area contributed by atoms with E-state index in [1.807, 2.05) is 0 Å². The molecule has 5 nitrogen and oxygen atoms in total. The number of carbonyl (C=O) groups excluding carboxylic acids is 1. The second-order valence-electron chi connectivity index (χ2n) is 4.94. The first kappa shape index (κ1) is 17.5. The van der Waals surface area contributed by atoms with Crippen LogP contribution in [0.1, 0.15) is 5.56 Å². The van der Waals surface area contributed by atoms with E-state index in [4.69, 9.17) is 23.8 Å². The topological polar surface area (TPSA) is 63.4 Å². The van der Waals surface area contributed by atoms with Crippen molar-refractivity contribution < 1.29 is 14.1 Å². The van der Waals surface area contributed by atoms with E-state index in [0.717, 1.165) is 16.7 Å². The summed E-state index contributed by atoms with van der Waals surface area (Å²) in [7, 11) is 0. The largest absolute Gasteiger partial charge is 0.288 e. The number of hydrogen-bond donors (Lipinski definition) is 0. The molecule has 0 radical (unpaired) electrons. The van der Waals surface area contributed by atoms with Crippen LogP contribution in [0, 0.1) is 15.9 Å². The zero-order valence-electron chi connectivity index (χ0n) is 12.3. The molecule has 1 aliphatic heterocycles. The molecule has 3 rings (SSSR count). The van der Waals surface area contributed by atoms with Crippen molar-refractivity contribution in [2.45, 2.75) is 0 Å². The first-order valence-electron chi connectivity index (χ1n) is 6.85. The van der Waals surface area contributed by atoms with Crippen LogP contribution in [0.15, 0.2) is 47.4 Å². The molecule has 2 aromatic rings. The van der Waals surface area contributed by atoms with Crippen molar-refractivity contribution in [1.82, 2.24) is 0 Å². The lowest BCUT2D eigenvalue weighted by Gasteiger charge is -2.14. The van der Waals surface area contributed by atoms with E-state index in [1.165, 1.54) is 36.4 Å². The first-order valence-corrected chi connectivity index (χ1v) is 8.45. The molecule has 1 saturated heterocycles. The highest BCUT2D eigenvalue weighted by molar-refractivity contribution is 8.27. The quantitative estimate of drug-likeness (QED) is 0.324. The molecule has 1 fully saturated rings. The predicted molar refractivity (Wildman–Crippen MR) is 100 cm³/mol. The Morgan fingerprint density at radius 3 is 2.68 bits per heavy atom. The molecule has 0 bridgehead atoms. The van der Waals surface area contributed by atoms with Gasteiger partial charge in [-0.1, -0.05) is 53.8 Å². The van der Waals surface area contributed by atoms with Crippen molar-refractivity contribution in [3.8, 4) is 0 Å². The standard InChI is InChI=1S/C16H8ClFN2O3S2/c17-10-6-5-9(7-13(10)20(22)23)8-14-15(21)19(16(24)25-14)12-4-2-1-3-11(12)18/h1-8H/b14-8+. The number of halogens is 2. The van der Waals surface area contributed by atoms with Gasteiger partial charge in [0.25, 0.3) is 11.6 Å². The number of amides is 1. The minimum absolute atomic E-state index is 0.000977. The fourth-order valence-corrected chi connectivity index (χ4v) is 3.69. The Kier molecular flexibility index (Phi) is 4.85. The van der Waals surface area contributed by atoms with E-state index in [9.17, 15) is 19.3 Å². The molecule has 0 aliphatic carbocycles. The lowest BCUT2D eigenvalue weighted by molar-refractivity contribution is -0.384. The number of hydrogen-bond acceptors (Lipinski definition) is 5. The highest BCUT2D eigenvalue weighted by atomic mass is 35.5. The van der Waals surface area contributed by atoms with Gasteiger partial charge in [-0.15, -0.1) is 0 Å². The maximum Gasteiger partial charge on any atom is 0.288 e. The molecule has 0 unspecified atom stereocenters. The van der Waals surface area contributed by atoms with E-state index < -0.39 is 16.6 Å². The lowest BCUT2D eigenvalue weighted by atomic mass is 10.2. The Balaban J connectivity index is 1.98. The average molecular weight is 395 g/mol. The maximum atomic E-state index is 14.0. The summed E-state index contributed by atoms with van der Waals surface area (Å²) in [5.41, 5.74) is 0.223. The van der Waals surface area contributed by atoms with Crippen LogP contribution < -0.4 is 4.90 Å². The molecule has 0 N–H and O–H groups in total. The van der Waals surface area contributed by atoms with Gasteiger partial charge in [-0.3, -0.25) is 19.8 Å². The summed E-state index contributed by atoms with van der Waals surface area (Å²) in [4.78, 5) is 24.3. The number of nitrogens with zero attached hydrogens (tertiary/aromatic N) is 2. The van der Waals surface area contributed by atoms with Crippen LogP contribution in [0.3, 0.4) is 0 Å². The maximum absolute atomic E-state index is 14.0. The molecule has 0 aromatic heterocycles. The average Bonchev–Trinajstić information content (AvgIpc) is 2.84. The third kappa shape index (κ3) is 3.41. The van der Waals surface area contributed by atoms with E-state index in [1.54, 1.807) is 12.1 Å². The highest BCUT2D eigenvalue weighted by Gasteiger charge is 2.34. The second kappa shape index (κ2) is 6.91. The number of nitro groups is 1. The second-order valence-corrected chi connectivity index (χ2v) is 7.02. The van der Waals surface area contributed by atoms with Gasteiger partial charge < -0.3 is 0 Å². The van der Waals surface area contributed by atoms with Gasteiger partial charge in [0.2, 0.25) is 0 Å². The Labute approximate surface area is 156 Å². The number of benzene rings is 2. The number of thioether (sulfide) groups is 1. The van der Waals surface area contributed by atoms with Crippen molar-refractivity contribution in [2.24, 2.45) is 0 Å². The van der Waals surface area contributed by atoms with E-state index in [2.05, 4.69) is 0 Å². The van der Waals surface area contributed by atoms with Crippen molar-refractivity contribution in [3.05, 3.63) is 73.9 Å². The zero-order valence-corrected chi connectivity index (χ0v) is 14.7. The van der Waals surface area contributed by atoms with Crippen molar-refractivity contribution in [1.29, 1.82) is 0 Å². The molecule has 0 saturated carbocycles. The fraction of sp³-hybridized carbons (Fsp3) is 0. The lowest BCUT2D eigenvalue weighted by Crippen LogP contribution is -2.28. The molecule has 1 amide bonds. The van der Waals surface area contributed by atoms with Gasteiger partial charge in [0.05, 0.1) is 15.5 Å². The Morgan fingerprint density at radius 2 is 2.00 bits per heavy atom. The van der Waals surface area contributed by atoms with E-state index in [0.29, 0.717) is 5.56 Å². The Morgan fingerprint density at radius 1 is 1.28 bits per heavy atom. The third-order valence-corrected chi connectivity index (χ3v) is 4.97. The van der Waals surface area contributed by atoms with Crippen LogP contribution in [0.25, 0.3) is 6.08 Å². The summed E-state index contributed by atoms with van der Waals surface area (Å²) in [5, 5.41) is 11.0. The monoisotopic (exact) mass is 394 g/mol. The summed E-state index contributed by atoms with van der Waals surface area (Å²) in [5.74, 6) is -1.06. The minimum Gasteiger partial charge on any atom is -0.268 e. The van der Waals surface area contributed by atoms with E-state index in [-0.39, 0.29) is 25.6 Å². The molecule has 9 heteroatoms. The Hall–Kier alpha value is -2.29. The Bertz CT molecular complexity index is 949. The van der Waals surface area contributed by atoms with Gasteiger partial charge in [-0.25, -0.2) is 4.39 Å². The molecule has 0 atom stereocenters. The minimum atomic E-state index is -0.607. The number of para-hydroxylation sites is 1. The summed E-state index contributed by atoms with van der Waals surface area (Å²) >= 11 is 11.9. The molecule has 25 heavy (non-hydrogen) atoms. The van der Waals surface area contributed by atoms with Crippen molar-refractivity contribution in [3.63, 3.8) is 0 Å². The number of anilines is 1. The van der Waals surface area contributed by atoms with Gasteiger partial charge in [0.1, 0.15) is 10.8 Å². The van der Waals surface area contributed by atoms with Crippen molar-refractivity contribution in [2.75, 3.05) is 4.90 Å². The van der Waals surface area contributed by atoms with Crippen LogP contribution in [-0.2, 0) is 4.79 Å². The van der Waals surface area contributed by atoms with Gasteiger partial charge in [-0.05, 0) is 29.8 Å². The smallest absolute Gasteiger partial charge is 0.268 e. The van der Waals surface area contributed by atoms with Crippen molar-refractivity contribution >= 4 is 63.3 Å². The summed E-state index contributed by atoms with van der Waals surface area (Å²) in [6.45, 7) is 0. The normalized spacial score (nSPS) is 15.9. The van der Waals surface area contributed by atoms with Gasteiger partial charge in [0.15, 0.2) is 4.32 Å². The number of rotatable bonds is 3. The number of carbonyl (C=O) groups is 1. The SMILES string of the molecule is O=C1/C(=C\c2ccc(Cl)c([N+](=O)[O-])c2)SC(=S)N1c1ccccc1F. The van der Waals surface area contributed by atoms with E-state index >= 15 is 0 Å². The summed E-state index contributed by atoms with van der Waals surface area (Å²) in [6, 6.07) is 9.99. The number of nitro benzene ring substituents is 1. The van der Waals surface area contributed by atoms with Crippen LogP contribution in [-0.4, -0.2) is 15.2 Å². The molecular formula is C16H8ClFN2O3S2. The van der Waals surface area contributed by atoms with Crippen LogP contribution >= 0.6 is 35.6 Å². The first-order chi connectivity index (χ1) is 11.9. The molecule has 1 heterocycles. The molecular weight excluding hydrogens is 387 g/mol. The van der Waals surface area contributed by atoms with Crippen LogP contribution in [0.2, 0.25) is 5.02 Å². The third-order valence-electron chi connectivity index (χ3n) is 3.35.